The van der Waals surface area contributed by atoms with Gasteiger partial charge in [-0.1, -0.05) is 59.8 Å². The Morgan fingerprint density at radius 2 is 1.61 bits per heavy atom. The van der Waals surface area contributed by atoms with Crippen LogP contribution in [0.5, 0.6) is 11.5 Å². The topological polar surface area (TPSA) is 70.8 Å². The van der Waals surface area contributed by atoms with E-state index < -0.39 is 0 Å². The number of urea groups is 1. The van der Waals surface area contributed by atoms with Gasteiger partial charge in [0.05, 0.1) is 5.39 Å². The van der Waals surface area contributed by atoms with Crippen molar-refractivity contribution in [1.82, 2.24) is 15.0 Å². The number of fused-ring (bicyclic) bond motifs is 2. The summed E-state index contributed by atoms with van der Waals surface area (Å²) >= 11 is 0. The van der Waals surface area contributed by atoms with Gasteiger partial charge in [-0.2, -0.15) is 0 Å². The van der Waals surface area contributed by atoms with E-state index in [1.54, 1.807) is 0 Å². The van der Waals surface area contributed by atoms with E-state index >= 15 is 0 Å². The SMILES string of the molecule is O=C(Nc1noc2ccccc12)N1CCN(Cc2cccc(Oc3ccc4ccccc4c3)c2)CC1. The van der Waals surface area contributed by atoms with Crippen molar-refractivity contribution in [2.45, 2.75) is 6.54 Å². The molecular formula is C29H26N4O3. The van der Waals surface area contributed by atoms with Crippen molar-refractivity contribution in [3.63, 3.8) is 0 Å². The van der Waals surface area contributed by atoms with Crippen molar-refractivity contribution in [2.75, 3.05) is 31.5 Å². The first kappa shape index (κ1) is 22.1. The Labute approximate surface area is 208 Å². The van der Waals surface area contributed by atoms with Crippen LogP contribution in [0, 0.1) is 0 Å². The van der Waals surface area contributed by atoms with Crippen molar-refractivity contribution in [1.29, 1.82) is 0 Å². The van der Waals surface area contributed by atoms with Crippen LogP contribution < -0.4 is 10.1 Å². The molecule has 7 nitrogen and oxygen atoms in total. The minimum Gasteiger partial charge on any atom is -0.457 e. The van der Waals surface area contributed by atoms with E-state index in [1.807, 2.05) is 59.5 Å². The normalized spacial score (nSPS) is 14.3. The number of amides is 2. The molecule has 36 heavy (non-hydrogen) atoms. The zero-order chi connectivity index (χ0) is 24.3. The third-order valence-corrected chi connectivity index (χ3v) is 6.52. The fraction of sp³-hybridized carbons (Fsp3) is 0.172. The van der Waals surface area contributed by atoms with Crippen LogP contribution >= 0.6 is 0 Å². The number of ether oxygens (including phenoxy) is 1. The van der Waals surface area contributed by atoms with Crippen LogP contribution in [-0.4, -0.2) is 47.2 Å². The minimum atomic E-state index is -0.153. The smallest absolute Gasteiger partial charge is 0.323 e. The quantitative estimate of drug-likeness (QED) is 0.329. The summed E-state index contributed by atoms with van der Waals surface area (Å²) in [6.45, 7) is 3.69. The Hall–Kier alpha value is -4.36. The first-order valence-corrected chi connectivity index (χ1v) is 12.1. The summed E-state index contributed by atoms with van der Waals surface area (Å²) in [6.07, 6.45) is 0. The number of para-hydroxylation sites is 1. The highest BCUT2D eigenvalue weighted by Crippen LogP contribution is 2.27. The number of piperazine rings is 1. The van der Waals surface area contributed by atoms with E-state index in [1.165, 1.54) is 10.9 Å². The third-order valence-electron chi connectivity index (χ3n) is 6.52. The Morgan fingerprint density at radius 3 is 2.50 bits per heavy atom. The van der Waals surface area contributed by atoms with Crippen LogP contribution in [0.4, 0.5) is 10.6 Å². The Morgan fingerprint density at radius 1 is 0.833 bits per heavy atom. The molecule has 7 heteroatoms. The van der Waals surface area contributed by atoms with Gasteiger partial charge < -0.3 is 14.2 Å². The molecule has 1 fully saturated rings. The number of nitrogens with zero attached hydrogens (tertiary/aromatic N) is 3. The fourth-order valence-electron chi connectivity index (χ4n) is 4.60. The van der Waals surface area contributed by atoms with Gasteiger partial charge in [0.2, 0.25) is 0 Å². The lowest BCUT2D eigenvalue weighted by Gasteiger charge is -2.34. The van der Waals surface area contributed by atoms with E-state index in [-0.39, 0.29) is 6.03 Å². The Bertz CT molecular complexity index is 1520. The van der Waals surface area contributed by atoms with E-state index in [0.29, 0.717) is 24.5 Å². The largest absolute Gasteiger partial charge is 0.457 e. The Balaban J connectivity index is 1.04. The predicted octanol–water partition coefficient (Wildman–Crippen LogP) is 6.12. The zero-order valence-corrected chi connectivity index (χ0v) is 19.8. The first-order chi connectivity index (χ1) is 17.7. The molecule has 0 unspecified atom stereocenters. The zero-order valence-electron chi connectivity index (χ0n) is 19.8. The minimum absolute atomic E-state index is 0.153. The fourth-order valence-corrected chi connectivity index (χ4v) is 4.60. The molecule has 1 saturated heterocycles. The molecule has 180 valence electrons. The molecule has 4 aromatic carbocycles. The van der Waals surface area contributed by atoms with Gasteiger partial charge >= 0.3 is 6.03 Å². The second kappa shape index (κ2) is 9.71. The van der Waals surface area contributed by atoms with Crippen LogP contribution in [0.3, 0.4) is 0 Å². The van der Waals surface area contributed by atoms with Gasteiger partial charge in [-0.25, -0.2) is 4.79 Å². The molecule has 0 spiro atoms. The molecular weight excluding hydrogens is 452 g/mol. The van der Waals surface area contributed by atoms with Crippen molar-refractivity contribution in [3.05, 3.63) is 96.6 Å². The van der Waals surface area contributed by atoms with Crippen molar-refractivity contribution in [2.24, 2.45) is 0 Å². The van der Waals surface area contributed by atoms with Gasteiger partial charge in [0.15, 0.2) is 11.4 Å². The average molecular weight is 479 g/mol. The van der Waals surface area contributed by atoms with Gasteiger partial charge in [-0.3, -0.25) is 10.2 Å². The van der Waals surface area contributed by atoms with Crippen molar-refractivity contribution in [3.8, 4) is 11.5 Å². The second-order valence-corrected chi connectivity index (χ2v) is 8.98. The number of nitrogens with one attached hydrogen (secondary N) is 1. The summed E-state index contributed by atoms with van der Waals surface area (Å²) < 4.78 is 11.4. The van der Waals surface area contributed by atoms with Gasteiger partial charge in [0.1, 0.15) is 11.5 Å². The second-order valence-electron chi connectivity index (χ2n) is 8.98. The highest BCUT2D eigenvalue weighted by Gasteiger charge is 2.22. The number of carbonyl (C=O) groups is 1. The maximum absolute atomic E-state index is 12.8. The molecule has 2 amide bonds. The average Bonchev–Trinajstić information content (AvgIpc) is 3.32. The molecule has 0 radical (unpaired) electrons. The van der Waals surface area contributed by atoms with Crippen LogP contribution in [0.25, 0.3) is 21.7 Å². The summed E-state index contributed by atoms with van der Waals surface area (Å²) in [6, 6.07) is 30.0. The lowest BCUT2D eigenvalue weighted by Crippen LogP contribution is -2.49. The lowest BCUT2D eigenvalue weighted by molar-refractivity contribution is 0.143. The third kappa shape index (κ3) is 4.74. The summed E-state index contributed by atoms with van der Waals surface area (Å²) in [5.41, 5.74) is 1.84. The first-order valence-electron chi connectivity index (χ1n) is 12.1. The maximum atomic E-state index is 12.8. The molecule has 0 saturated carbocycles. The van der Waals surface area contributed by atoms with E-state index in [0.717, 1.165) is 41.9 Å². The molecule has 1 aliphatic heterocycles. The van der Waals surface area contributed by atoms with Crippen molar-refractivity contribution < 1.29 is 14.1 Å². The Kier molecular flexibility index (Phi) is 5.97. The summed E-state index contributed by atoms with van der Waals surface area (Å²) in [5, 5.41) is 10.0. The summed E-state index contributed by atoms with van der Waals surface area (Å²) in [7, 11) is 0. The summed E-state index contributed by atoms with van der Waals surface area (Å²) in [5.74, 6) is 2.10. The number of benzene rings is 4. The van der Waals surface area contributed by atoms with Gasteiger partial charge in [-0.15, -0.1) is 0 Å². The molecule has 5 aromatic rings. The number of hydrogen-bond acceptors (Lipinski definition) is 5. The predicted molar refractivity (Wildman–Crippen MR) is 140 cm³/mol. The van der Waals surface area contributed by atoms with E-state index in [4.69, 9.17) is 9.26 Å². The molecule has 1 aromatic heterocycles. The standard InChI is InChI=1S/C29H26N4O3/c34-29(30-28-26-10-3-4-11-27(26)36-31-28)33-16-14-32(15-17-33)20-21-6-5-9-24(18-21)35-25-13-12-22-7-1-2-8-23(22)19-25/h1-13,18-19H,14-17,20H2,(H,30,31,34). The van der Waals surface area contributed by atoms with Gasteiger partial charge in [-0.05, 0) is 52.7 Å². The van der Waals surface area contributed by atoms with E-state index in [2.05, 4.69) is 51.8 Å². The molecule has 0 bridgehead atoms. The maximum Gasteiger partial charge on any atom is 0.323 e. The van der Waals surface area contributed by atoms with Gasteiger partial charge in [0, 0.05) is 32.7 Å². The van der Waals surface area contributed by atoms with Crippen LogP contribution in [0.2, 0.25) is 0 Å². The number of anilines is 1. The van der Waals surface area contributed by atoms with Crippen LogP contribution in [0.15, 0.2) is 95.5 Å². The number of rotatable bonds is 5. The molecule has 1 N–H and O–H groups in total. The lowest BCUT2D eigenvalue weighted by atomic mass is 10.1. The number of aromatic nitrogens is 1. The molecule has 2 heterocycles. The van der Waals surface area contributed by atoms with Gasteiger partial charge in [0.25, 0.3) is 0 Å². The monoisotopic (exact) mass is 478 g/mol. The molecule has 1 aliphatic rings. The van der Waals surface area contributed by atoms with E-state index in [9.17, 15) is 4.79 Å². The molecule has 0 atom stereocenters. The van der Waals surface area contributed by atoms with Crippen LogP contribution in [-0.2, 0) is 6.54 Å². The van der Waals surface area contributed by atoms with Crippen LogP contribution in [0.1, 0.15) is 5.56 Å². The molecule has 0 aliphatic carbocycles. The highest BCUT2D eigenvalue weighted by molar-refractivity contribution is 5.98. The number of hydrogen-bond donors (Lipinski definition) is 1. The summed E-state index contributed by atoms with van der Waals surface area (Å²) in [4.78, 5) is 16.9. The number of carbonyl (C=O) groups excluding carboxylic acids is 1. The van der Waals surface area contributed by atoms with Crippen molar-refractivity contribution >= 4 is 33.6 Å². The highest BCUT2D eigenvalue weighted by atomic mass is 16.5. The molecule has 6 rings (SSSR count).